The van der Waals surface area contributed by atoms with Gasteiger partial charge in [-0.1, -0.05) is 45.2 Å². The lowest BCUT2D eigenvalue weighted by Crippen LogP contribution is -2.11. The van der Waals surface area contributed by atoms with E-state index in [9.17, 15) is 0 Å². The second kappa shape index (κ2) is 8.15. The molecule has 2 unspecified atom stereocenters. The molecule has 0 heterocycles. The molecule has 2 nitrogen and oxygen atoms in total. The molecule has 0 aliphatic carbocycles. The maximum Gasteiger partial charge on any atom is 0.0797 e. The minimum atomic E-state index is 0.129. The Morgan fingerprint density at radius 2 is 2.06 bits per heavy atom. The van der Waals surface area contributed by atoms with E-state index in [1.807, 2.05) is 18.2 Å². The summed E-state index contributed by atoms with van der Waals surface area (Å²) in [6.07, 6.45) is 5.17. The van der Waals surface area contributed by atoms with Crippen LogP contribution in [0.1, 0.15) is 58.1 Å². The summed E-state index contributed by atoms with van der Waals surface area (Å²) in [7, 11) is 0. The van der Waals surface area contributed by atoms with E-state index in [1.165, 1.54) is 31.2 Å². The molecule has 0 aliphatic rings. The highest BCUT2D eigenvalue weighted by Gasteiger charge is 2.10. The molecule has 0 spiro atoms. The third-order valence-electron chi connectivity index (χ3n) is 3.51. The quantitative estimate of drug-likeness (QED) is 0.685. The molecule has 0 fully saturated rings. The lowest BCUT2D eigenvalue weighted by Gasteiger charge is -2.19. The molecule has 1 aromatic carbocycles. The minimum absolute atomic E-state index is 0.129. The van der Waals surface area contributed by atoms with Crippen molar-refractivity contribution in [3.8, 4) is 0 Å². The van der Waals surface area contributed by atoms with Crippen molar-refractivity contribution in [3.05, 3.63) is 29.8 Å². The van der Waals surface area contributed by atoms with Crippen molar-refractivity contribution in [2.45, 2.75) is 52.6 Å². The van der Waals surface area contributed by atoms with Crippen LogP contribution in [-0.2, 0) is 4.74 Å². The van der Waals surface area contributed by atoms with Crippen LogP contribution in [0, 0.1) is 5.92 Å². The van der Waals surface area contributed by atoms with Crippen molar-refractivity contribution in [3.63, 3.8) is 0 Å². The van der Waals surface area contributed by atoms with Crippen LogP contribution in [0.25, 0.3) is 0 Å². The van der Waals surface area contributed by atoms with Crippen LogP contribution < -0.4 is 5.73 Å². The van der Waals surface area contributed by atoms with Crippen molar-refractivity contribution in [2.24, 2.45) is 5.92 Å². The second-order valence-electron chi connectivity index (χ2n) is 5.06. The lowest BCUT2D eigenvalue weighted by atomic mass is 10.0. The molecule has 2 heteroatoms. The van der Waals surface area contributed by atoms with Gasteiger partial charge in [-0.2, -0.15) is 0 Å². The maximum absolute atomic E-state index is 5.98. The normalized spacial score (nSPS) is 14.4. The summed E-state index contributed by atoms with van der Waals surface area (Å²) in [5, 5.41) is 0. The van der Waals surface area contributed by atoms with Gasteiger partial charge in [-0.3, -0.25) is 0 Å². The highest BCUT2D eigenvalue weighted by molar-refractivity contribution is 5.41. The van der Waals surface area contributed by atoms with Crippen LogP contribution in [0.15, 0.2) is 24.3 Å². The Morgan fingerprint density at radius 1 is 1.28 bits per heavy atom. The van der Waals surface area contributed by atoms with Gasteiger partial charge in [0.1, 0.15) is 0 Å². The van der Waals surface area contributed by atoms with Gasteiger partial charge in [0.2, 0.25) is 0 Å². The van der Waals surface area contributed by atoms with Crippen molar-refractivity contribution in [1.29, 1.82) is 0 Å². The highest BCUT2D eigenvalue weighted by Crippen LogP contribution is 2.21. The van der Waals surface area contributed by atoms with Crippen LogP contribution in [0.4, 0.5) is 5.69 Å². The highest BCUT2D eigenvalue weighted by atomic mass is 16.5. The van der Waals surface area contributed by atoms with E-state index in [1.54, 1.807) is 0 Å². The van der Waals surface area contributed by atoms with Gasteiger partial charge in [0, 0.05) is 5.69 Å². The third-order valence-corrected chi connectivity index (χ3v) is 3.51. The monoisotopic (exact) mass is 249 g/mol. The zero-order valence-electron chi connectivity index (χ0n) is 12.0. The van der Waals surface area contributed by atoms with Crippen molar-refractivity contribution in [1.82, 2.24) is 0 Å². The average molecular weight is 249 g/mol. The zero-order chi connectivity index (χ0) is 13.4. The molecule has 0 bridgehead atoms. The van der Waals surface area contributed by atoms with Crippen LogP contribution in [0.2, 0.25) is 0 Å². The van der Waals surface area contributed by atoms with Crippen LogP contribution >= 0.6 is 0 Å². The third kappa shape index (κ3) is 5.09. The van der Waals surface area contributed by atoms with Crippen molar-refractivity contribution in [2.75, 3.05) is 12.3 Å². The number of nitrogen functional groups attached to an aromatic ring is 1. The SMILES string of the molecule is CCCCC(CC)COC(C)c1cccc(N)c1. The molecule has 1 rings (SSSR count). The van der Waals surface area contributed by atoms with Gasteiger partial charge in [0.05, 0.1) is 12.7 Å². The summed E-state index contributed by atoms with van der Waals surface area (Å²) in [6, 6.07) is 7.97. The average Bonchev–Trinajstić information content (AvgIpc) is 2.38. The molecular formula is C16H27NO. The smallest absolute Gasteiger partial charge is 0.0797 e. The number of unbranched alkanes of at least 4 members (excludes halogenated alkanes) is 1. The first kappa shape index (κ1) is 15.0. The summed E-state index contributed by atoms with van der Waals surface area (Å²) in [4.78, 5) is 0. The lowest BCUT2D eigenvalue weighted by molar-refractivity contribution is 0.0358. The molecule has 0 aliphatic heterocycles. The predicted molar refractivity (Wildman–Crippen MR) is 78.5 cm³/mol. The van der Waals surface area contributed by atoms with E-state index in [2.05, 4.69) is 26.8 Å². The van der Waals surface area contributed by atoms with Crippen molar-refractivity contribution < 1.29 is 4.74 Å². The Hall–Kier alpha value is -1.02. The van der Waals surface area contributed by atoms with E-state index in [-0.39, 0.29) is 6.10 Å². The van der Waals surface area contributed by atoms with Crippen LogP contribution in [0.5, 0.6) is 0 Å². The molecule has 0 saturated carbocycles. The molecule has 2 N–H and O–H groups in total. The molecule has 0 radical (unpaired) electrons. The number of rotatable bonds is 8. The Morgan fingerprint density at radius 3 is 2.67 bits per heavy atom. The van der Waals surface area contributed by atoms with Gasteiger partial charge in [-0.05, 0) is 37.0 Å². The Labute approximate surface area is 112 Å². The number of ether oxygens (including phenoxy) is 1. The molecule has 0 aromatic heterocycles. The standard InChI is InChI=1S/C16H27NO/c1-4-6-8-14(5-2)12-18-13(3)15-9-7-10-16(17)11-15/h7,9-11,13-14H,4-6,8,12,17H2,1-3H3. The fourth-order valence-electron chi connectivity index (χ4n) is 2.09. The number of hydrogen-bond donors (Lipinski definition) is 1. The molecular weight excluding hydrogens is 222 g/mol. The van der Waals surface area contributed by atoms with E-state index >= 15 is 0 Å². The van der Waals surface area contributed by atoms with E-state index in [0.29, 0.717) is 5.92 Å². The van der Waals surface area contributed by atoms with Gasteiger partial charge < -0.3 is 10.5 Å². The van der Waals surface area contributed by atoms with Crippen LogP contribution in [0.3, 0.4) is 0 Å². The molecule has 2 atom stereocenters. The number of hydrogen-bond acceptors (Lipinski definition) is 2. The van der Waals surface area contributed by atoms with Gasteiger partial charge in [0.25, 0.3) is 0 Å². The Kier molecular flexibility index (Phi) is 6.81. The number of benzene rings is 1. The first-order chi connectivity index (χ1) is 8.67. The van der Waals surface area contributed by atoms with E-state index in [4.69, 9.17) is 10.5 Å². The molecule has 102 valence electrons. The van der Waals surface area contributed by atoms with E-state index < -0.39 is 0 Å². The zero-order valence-corrected chi connectivity index (χ0v) is 12.0. The van der Waals surface area contributed by atoms with Gasteiger partial charge in [-0.25, -0.2) is 0 Å². The molecule has 0 saturated heterocycles. The largest absolute Gasteiger partial charge is 0.399 e. The van der Waals surface area contributed by atoms with Crippen molar-refractivity contribution >= 4 is 5.69 Å². The predicted octanol–water partition coefficient (Wildman–Crippen LogP) is 4.56. The van der Waals surface area contributed by atoms with Gasteiger partial charge in [-0.15, -0.1) is 0 Å². The summed E-state index contributed by atoms with van der Waals surface area (Å²) in [5.74, 6) is 0.688. The first-order valence-electron chi connectivity index (χ1n) is 7.14. The van der Waals surface area contributed by atoms with Gasteiger partial charge in [0.15, 0.2) is 0 Å². The Balaban J connectivity index is 2.42. The van der Waals surface area contributed by atoms with Gasteiger partial charge >= 0.3 is 0 Å². The molecule has 0 amide bonds. The fourth-order valence-corrected chi connectivity index (χ4v) is 2.09. The number of nitrogens with two attached hydrogens (primary N) is 1. The summed E-state index contributed by atoms with van der Waals surface area (Å²) in [5.41, 5.74) is 7.76. The topological polar surface area (TPSA) is 35.2 Å². The maximum atomic E-state index is 5.98. The van der Waals surface area contributed by atoms with Crippen LogP contribution in [-0.4, -0.2) is 6.61 Å². The minimum Gasteiger partial charge on any atom is -0.399 e. The summed E-state index contributed by atoms with van der Waals surface area (Å²) in [6.45, 7) is 7.44. The fraction of sp³-hybridized carbons (Fsp3) is 0.625. The van der Waals surface area contributed by atoms with E-state index in [0.717, 1.165) is 12.3 Å². The summed E-state index contributed by atoms with van der Waals surface area (Å²) < 4.78 is 5.98. The number of anilines is 1. The molecule has 1 aromatic rings. The second-order valence-corrected chi connectivity index (χ2v) is 5.06. The Bertz CT molecular complexity index is 338. The first-order valence-corrected chi connectivity index (χ1v) is 7.14. The summed E-state index contributed by atoms with van der Waals surface area (Å²) >= 11 is 0. The molecule has 18 heavy (non-hydrogen) atoms.